The maximum atomic E-state index is 12.6. The lowest BCUT2D eigenvalue weighted by molar-refractivity contribution is -0.146. The van der Waals surface area contributed by atoms with Crippen LogP contribution in [0.15, 0.2) is 36.7 Å². The van der Waals surface area contributed by atoms with Crippen LogP contribution in [-0.4, -0.2) is 44.1 Å². The van der Waals surface area contributed by atoms with E-state index in [-0.39, 0.29) is 18.2 Å². The predicted molar refractivity (Wildman–Crippen MR) is 103 cm³/mol. The molecule has 148 valence electrons. The number of amides is 2. The number of carbonyl (C=O) groups is 3. The van der Waals surface area contributed by atoms with E-state index in [9.17, 15) is 19.5 Å². The van der Waals surface area contributed by atoms with E-state index < -0.39 is 17.4 Å². The molecule has 2 aromatic rings. The van der Waals surface area contributed by atoms with Crippen LogP contribution in [0.4, 0.5) is 5.69 Å². The summed E-state index contributed by atoms with van der Waals surface area (Å²) in [4.78, 5) is 37.8. The second-order valence-electron chi connectivity index (χ2n) is 7.69. The van der Waals surface area contributed by atoms with E-state index in [1.807, 2.05) is 31.2 Å². The third kappa shape index (κ3) is 4.05. The number of aromatic nitrogens is 2. The van der Waals surface area contributed by atoms with Crippen molar-refractivity contribution < 1.29 is 19.5 Å². The van der Waals surface area contributed by atoms with E-state index in [1.165, 1.54) is 30.9 Å². The average molecular weight is 384 g/mol. The lowest BCUT2D eigenvalue weighted by Crippen LogP contribution is -2.36. The van der Waals surface area contributed by atoms with E-state index >= 15 is 0 Å². The minimum absolute atomic E-state index is 0.0524. The molecule has 1 fully saturated rings. The highest BCUT2D eigenvalue weighted by Gasteiger charge is 2.35. The number of aryl methyl sites for hydroxylation is 1. The Bertz CT molecular complexity index is 901. The third-order valence-electron chi connectivity index (χ3n) is 5.03. The molecule has 0 bridgehead atoms. The van der Waals surface area contributed by atoms with Gasteiger partial charge in [0.25, 0.3) is 0 Å². The number of likely N-dealkylation sites (tertiary alicyclic amines) is 1. The van der Waals surface area contributed by atoms with Crippen LogP contribution in [-0.2, 0) is 26.5 Å². The standard InChI is InChI=1S/C20H24N4O4/c1-13-4-6-14(7-5-13)10-23-11-15(8-17(23)25)18(26)22-16-9-21-24(12-16)20(2,3)19(27)28/h4-7,9,12,15H,8,10-11H2,1-3H3,(H,22,26)(H,27,28). The summed E-state index contributed by atoms with van der Waals surface area (Å²) in [5.41, 5.74) is 1.36. The molecule has 8 nitrogen and oxygen atoms in total. The SMILES string of the molecule is Cc1ccc(CN2CC(C(=O)Nc3cnn(C(C)(C)C(=O)O)c3)CC2=O)cc1. The second kappa shape index (κ2) is 7.46. The topological polar surface area (TPSA) is 105 Å². The van der Waals surface area contributed by atoms with Crippen LogP contribution in [0.2, 0.25) is 0 Å². The van der Waals surface area contributed by atoms with Crippen molar-refractivity contribution in [2.24, 2.45) is 5.92 Å². The molecule has 1 aromatic carbocycles. The minimum atomic E-state index is -1.23. The van der Waals surface area contributed by atoms with Gasteiger partial charge in [-0.15, -0.1) is 0 Å². The van der Waals surface area contributed by atoms with Gasteiger partial charge >= 0.3 is 5.97 Å². The number of anilines is 1. The lowest BCUT2D eigenvalue weighted by Gasteiger charge is -2.19. The quantitative estimate of drug-likeness (QED) is 0.793. The van der Waals surface area contributed by atoms with Gasteiger partial charge in [-0.05, 0) is 26.3 Å². The molecule has 1 aliphatic heterocycles. The van der Waals surface area contributed by atoms with Crippen LogP contribution in [0.5, 0.6) is 0 Å². The van der Waals surface area contributed by atoms with Gasteiger partial charge in [-0.1, -0.05) is 29.8 Å². The highest BCUT2D eigenvalue weighted by molar-refractivity contribution is 5.97. The summed E-state index contributed by atoms with van der Waals surface area (Å²) >= 11 is 0. The summed E-state index contributed by atoms with van der Waals surface area (Å²) in [6.07, 6.45) is 3.04. The Morgan fingerprint density at radius 1 is 1.29 bits per heavy atom. The van der Waals surface area contributed by atoms with Gasteiger partial charge in [0.2, 0.25) is 11.8 Å². The summed E-state index contributed by atoms with van der Waals surface area (Å²) in [6, 6.07) is 7.95. The van der Waals surface area contributed by atoms with Crippen LogP contribution in [0, 0.1) is 12.8 Å². The Morgan fingerprint density at radius 2 is 1.96 bits per heavy atom. The Hall–Kier alpha value is -3.16. The number of hydrogen-bond donors (Lipinski definition) is 2. The van der Waals surface area contributed by atoms with E-state index in [0.717, 1.165) is 11.1 Å². The fourth-order valence-corrected chi connectivity index (χ4v) is 3.05. The van der Waals surface area contributed by atoms with Crippen LogP contribution in [0.1, 0.15) is 31.4 Å². The number of carbonyl (C=O) groups excluding carboxylic acids is 2. The normalized spacial score (nSPS) is 17.0. The number of rotatable bonds is 6. The molecule has 1 saturated heterocycles. The molecule has 0 saturated carbocycles. The van der Waals surface area contributed by atoms with Gasteiger partial charge in [-0.3, -0.25) is 14.3 Å². The van der Waals surface area contributed by atoms with Crippen molar-refractivity contribution in [3.63, 3.8) is 0 Å². The fraction of sp³-hybridized carbons (Fsp3) is 0.400. The van der Waals surface area contributed by atoms with Gasteiger partial charge in [-0.25, -0.2) is 4.79 Å². The first-order valence-electron chi connectivity index (χ1n) is 9.09. The molecule has 3 rings (SSSR count). The van der Waals surface area contributed by atoms with Gasteiger partial charge in [0.05, 0.1) is 17.8 Å². The van der Waals surface area contributed by atoms with E-state index in [1.54, 1.807) is 4.90 Å². The maximum Gasteiger partial charge on any atom is 0.331 e. The highest BCUT2D eigenvalue weighted by atomic mass is 16.4. The number of carboxylic acid groups (broad SMARTS) is 1. The second-order valence-corrected chi connectivity index (χ2v) is 7.69. The maximum absolute atomic E-state index is 12.6. The number of carboxylic acids is 1. The van der Waals surface area contributed by atoms with Crippen LogP contribution in [0.25, 0.3) is 0 Å². The largest absolute Gasteiger partial charge is 0.479 e. The molecule has 8 heteroatoms. The third-order valence-corrected chi connectivity index (χ3v) is 5.03. The molecule has 1 atom stereocenters. The molecular formula is C20H24N4O4. The molecule has 1 aliphatic rings. The van der Waals surface area contributed by atoms with Crippen LogP contribution < -0.4 is 5.32 Å². The Morgan fingerprint density at radius 3 is 2.61 bits per heavy atom. The molecule has 0 aliphatic carbocycles. The zero-order valence-electron chi connectivity index (χ0n) is 16.2. The summed E-state index contributed by atoms with van der Waals surface area (Å²) in [6.45, 7) is 5.88. The van der Waals surface area contributed by atoms with Crippen molar-refractivity contribution in [3.05, 3.63) is 47.8 Å². The van der Waals surface area contributed by atoms with Crippen molar-refractivity contribution in [1.82, 2.24) is 14.7 Å². The summed E-state index contributed by atoms with van der Waals surface area (Å²) in [7, 11) is 0. The minimum Gasteiger partial charge on any atom is -0.479 e. The first-order valence-corrected chi connectivity index (χ1v) is 9.09. The molecule has 0 spiro atoms. The summed E-state index contributed by atoms with van der Waals surface area (Å²) < 4.78 is 1.29. The highest BCUT2D eigenvalue weighted by Crippen LogP contribution is 2.23. The molecule has 28 heavy (non-hydrogen) atoms. The number of nitrogens with zero attached hydrogens (tertiary/aromatic N) is 3. The van der Waals surface area contributed by atoms with Crippen molar-refractivity contribution >= 4 is 23.5 Å². The van der Waals surface area contributed by atoms with E-state index in [4.69, 9.17) is 0 Å². The first kappa shape index (κ1) is 19.6. The summed E-state index contributed by atoms with van der Waals surface area (Å²) in [5, 5.41) is 16.0. The number of benzene rings is 1. The van der Waals surface area contributed by atoms with E-state index in [2.05, 4.69) is 10.4 Å². The van der Waals surface area contributed by atoms with Gasteiger partial charge in [0, 0.05) is 25.7 Å². The molecule has 0 radical (unpaired) electrons. The zero-order valence-corrected chi connectivity index (χ0v) is 16.2. The smallest absolute Gasteiger partial charge is 0.331 e. The van der Waals surface area contributed by atoms with Gasteiger partial charge < -0.3 is 15.3 Å². The van der Waals surface area contributed by atoms with Crippen molar-refractivity contribution in [2.75, 3.05) is 11.9 Å². The zero-order chi connectivity index (χ0) is 20.5. The van der Waals surface area contributed by atoms with Gasteiger partial charge in [0.15, 0.2) is 5.54 Å². The van der Waals surface area contributed by atoms with E-state index in [0.29, 0.717) is 18.8 Å². The van der Waals surface area contributed by atoms with Crippen molar-refractivity contribution in [3.8, 4) is 0 Å². The average Bonchev–Trinajstić information content (AvgIpc) is 3.24. The number of nitrogens with one attached hydrogen (secondary N) is 1. The van der Waals surface area contributed by atoms with Crippen molar-refractivity contribution in [1.29, 1.82) is 0 Å². The molecular weight excluding hydrogens is 360 g/mol. The molecule has 2 heterocycles. The Labute approximate surface area is 163 Å². The Balaban J connectivity index is 1.61. The molecule has 1 aromatic heterocycles. The monoisotopic (exact) mass is 384 g/mol. The van der Waals surface area contributed by atoms with Gasteiger partial charge in [-0.2, -0.15) is 5.10 Å². The fourth-order valence-electron chi connectivity index (χ4n) is 3.05. The predicted octanol–water partition coefficient (Wildman–Crippen LogP) is 2.00. The summed E-state index contributed by atoms with van der Waals surface area (Å²) in [5.74, 6) is -1.80. The van der Waals surface area contributed by atoms with Crippen LogP contribution >= 0.6 is 0 Å². The Kier molecular flexibility index (Phi) is 5.22. The number of hydrogen-bond acceptors (Lipinski definition) is 4. The van der Waals surface area contributed by atoms with Crippen LogP contribution in [0.3, 0.4) is 0 Å². The lowest BCUT2D eigenvalue weighted by atomic mass is 10.1. The first-order chi connectivity index (χ1) is 13.2. The van der Waals surface area contributed by atoms with Crippen molar-refractivity contribution in [2.45, 2.75) is 39.3 Å². The van der Waals surface area contributed by atoms with Gasteiger partial charge in [0.1, 0.15) is 0 Å². The number of aliphatic carboxylic acids is 1. The molecule has 2 N–H and O–H groups in total. The molecule has 2 amide bonds. The molecule has 1 unspecified atom stereocenters.